The number of hydrogen-bond acceptors (Lipinski definition) is 3. The smallest absolute Gasteiger partial charge is 0.196 e. The zero-order valence-corrected chi connectivity index (χ0v) is 11.8. The van der Waals surface area contributed by atoms with Crippen LogP contribution in [0.15, 0.2) is 45.8 Å². The van der Waals surface area contributed by atoms with E-state index in [4.69, 9.17) is 4.74 Å². The lowest BCUT2D eigenvalue weighted by Gasteiger charge is -2.18. The van der Waals surface area contributed by atoms with Crippen molar-refractivity contribution in [3.63, 3.8) is 0 Å². The van der Waals surface area contributed by atoms with E-state index in [1.807, 2.05) is 35.7 Å². The molecule has 0 aliphatic carbocycles. The van der Waals surface area contributed by atoms with E-state index in [2.05, 4.69) is 15.9 Å². The molecule has 0 spiro atoms. The van der Waals surface area contributed by atoms with Gasteiger partial charge >= 0.3 is 0 Å². The van der Waals surface area contributed by atoms with E-state index < -0.39 is 0 Å². The summed E-state index contributed by atoms with van der Waals surface area (Å²) in [6.07, 6.45) is 1.90. The maximum Gasteiger partial charge on any atom is 0.196 e. The molecule has 0 radical (unpaired) electrons. The fourth-order valence-corrected chi connectivity index (χ4v) is 2.89. The van der Waals surface area contributed by atoms with Gasteiger partial charge < -0.3 is 4.74 Å². The Bertz CT molecular complexity index is 629. The van der Waals surface area contributed by atoms with E-state index in [1.165, 1.54) is 0 Å². The Morgan fingerprint density at radius 2 is 2.22 bits per heavy atom. The maximum atomic E-state index is 12.3. The van der Waals surface area contributed by atoms with Crippen molar-refractivity contribution >= 4 is 39.1 Å². The van der Waals surface area contributed by atoms with E-state index in [1.54, 1.807) is 17.4 Å². The molecule has 2 heterocycles. The number of hydrogen-bond donors (Lipinski definition) is 0. The number of carbonyl (C=O) groups is 1. The van der Waals surface area contributed by atoms with Crippen LogP contribution in [0.3, 0.4) is 0 Å². The average molecular weight is 321 g/mol. The fraction of sp³-hybridized carbons (Fsp3) is 0.0714. The molecule has 0 saturated heterocycles. The molecule has 2 nitrogen and oxygen atoms in total. The summed E-state index contributed by atoms with van der Waals surface area (Å²) in [6.45, 7) is 0.339. The minimum Gasteiger partial charge on any atom is -0.488 e. The Morgan fingerprint density at radius 1 is 1.33 bits per heavy atom. The highest BCUT2D eigenvalue weighted by Crippen LogP contribution is 2.30. The third kappa shape index (κ3) is 2.13. The first-order valence-corrected chi connectivity index (χ1v) is 7.12. The van der Waals surface area contributed by atoms with Crippen LogP contribution in [0.2, 0.25) is 0 Å². The summed E-state index contributed by atoms with van der Waals surface area (Å²) in [5, 5.41) is 1.99. The second kappa shape index (κ2) is 4.71. The lowest BCUT2D eigenvalue weighted by Crippen LogP contribution is -2.18. The minimum atomic E-state index is 0.0472. The number of fused-ring (bicyclic) bond motifs is 1. The number of benzene rings is 1. The van der Waals surface area contributed by atoms with Crippen molar-refractivity contribution in [2.45, 2.75) is 0 Å². The summed E-state index contributed by atoms with van der Waals surface area (Å²) in [7, 11) is 0. The maximum absolute atomic E-state index is 12.3. The normalized spacial score (nSPS) is 16.5. The first kappa shape index (κ1) is 11.7. The number of rotatable bonds is 1. The van der Waals surface area contributed by atoms with Gasteiger partial charge in [-0.3, -0.25) is 4.79 Å². The molecule has 0 amide bonds. The molecule has 2 aromatic rings. The highest BCUT2D eigenvalue weighted by Gasteiger charge is 2.23. The summed E-state index contributed by atoms with van der Waals surface area (Å²) in [5.74, 6) is 0.706. The zero-order chi connectivity index (χ0) is 12.5. The van der Waals surface area contributed by atoms with Crippen molar-refractivity contribution in [2.75, 3.05) is 6.61 Å². The van der Waals surface area contributed by atoms with Crippen LogP contribution < -0.4 is 4.74 Å². The predicted octanol–water partition coefficient (Wildman–Crippen LogP) is 4.17. The van der Waals surface area contributed by atoms with Crippen LogP contribution in [0.4, 0.5) is 0 Å². The van der Waals surface area contributed by atoms with E-state index in [0.717, 1.165) is 9.35 Å². The van der Waals surface area contributed by atoms with Gasteiger partial charge in [0.1, 0.15) is 12.4 Å². The van der Waals surface area contributed by atoms with Crippen molar-refractivity contribution in [3.05, 3.63) is 56.2 Å². The molecular weight excluding hydrogens is 312 g/mol. The van der Waals surface area contributed by atoms with Gasteiger partial charge in [0.15, 0.2) is 5.78 Å². The van der Waals surface area contributed by atoms with Gasteiger partial charge in [-0.25, -0.2) is 0 Å². The molecule has 0 saturated carbocycles. The third-order valence-corrected chi connectivity index (χ3v) is 4.03. The first-order chi connectivity index (χ1) is 8.74. The summed E-state index contributed by atoms with van der Waals surface area (Å²) < 4.78 is 6.49. The highest BCUT2D eigenvalue weighted by molar-refractivity contribution is 9.10. The molecule has 0 bridgehead atoms. The number of halogens is 1. The molecule has 1 aromatic heterocycles. The van der Waals surface area contributed by atoms with Crippen LogP contribution in [0.25, 0.3) is 6.08 Å². The van der Waals surface area contributed by atoms with Crippen molar-refractivity contribution in [3.8, 4) is 5.75 Å². The van der Waals surface area contributed by atoms with Crippen LogP contribution in [0, 0.1) is 0 Å². The molecule has 1 aliphatic rings. The van der Waals surface area contributed by atoms with Gasteiger partial charge in [-0.05, 0) is 35.7 Å². The monoisotopic (exact) mass is 320 g/mol. The van der Waals surface area contributed by atoms with Crippen LogP contribution in [0.5, 0.6) is 5.75 Å². The van der Waals surface area contributed by atoms with Gasteiger partial charge in [0, 0.05) is 14.9 Å². The Balaban J connectivity index is 2.01. The average Bonchev–Trinajstić information content (AvgIpc) is 2.86. The van der Waals surface area contributed by atoms with Gasteiger partial charge in [0.2, 0.25) is 0 Å². The number of ether oxygens (including phenoxy) is 1. The van der Waals surface area contributed by atoms with Crippen LogP contribution >= 0.6 is 27.3 Å². The van der Waals surface area contributed by atoms with E-state index in [9.17, 15) is 4.79 Å². The lowest BCUT2D eigenvalue weighted by molar-refractivity contribution is 0.100. The highest BCUT2D eigenvalue weighted by atomic mass is 79.9. The minimum absolute atomic E-state index is 0.0472. The summed E-state index contributed by atoms with van der Waals surface area (Å²) >= 11 is 4.98. The van der Waals surface area contributed by atoms with Crippen LogP contribution in [-0.4, -0.2) is 12.4 Å². The summed E-state index contributed by atoms with van der Waals surface area (Å²) in [5.41, 5.74) is 1.32. The third-order valence-electron chi connectivity index (χ3n) is 2.72. The molecule has 0 fully saturated rings. The van der Waals surface area contributed by atoms with Crippen molar-refractivity contribution in [1.29, 1.82) is 0 Å². The largest absolute Gasteiger partial charge is 0.488 e. The standard InChI is InChI=1S/C14H9BrO2S/c15-10-3-4-13-12(7-10)14(16)9(8-17-13)6-11-2-1-5-18-11/h1-7H,8H2. The van der Waals surface area contributed by atoms with Crippen molar-refractivity contribution < 1.29 is 9.53 Å². The molecule has 0 unspecified atom stereocenters. The quantitative estimate of drug-likeness (QED) is 0.737. The molecule has 0 atom stereocenters. The van der Waals surface area contributed by atoms with E-state index >= 15 is 0 Å². The summed E-state index contributed by atoms with van der Waals surface area (Å²) in [6, 6.07) is 9.45. The molecule has 3 rings (SSSR count). The Kier molecular flexibility index (Phi) is 3.06. The zero-order valence-electron chi connectivity index (χ0n) is 9.35. The number of carbonyl (C=O) groups excluding carboxylic acids is 1. The van der Waals surface area contributed by atoms with Crippen molar-refractivity contribution in [2.24, 2.45) is 0 Å². The Labute approximate surface area is 117 Å². The van der Waals surface area contributed by atoms with Crippen LogP contribution in [-0.2, 0) is 0 Å². The van der Waals surface area contributed by atoms with E-state index in [-0.39, 0.29) is 5.78 Å². The Hall–Kier alpha value is -1.39. The lowest BCUT2D eigenvalue weighted by atomic mass is 10.00. The predicted molar refractivity (Wildman–Crippen MR) is 76.3 cm³/mol. The Morgan fingerprint density at radius 3 is 3.00 bits per heavy atom. The molecule has 1 aliphatic heterocycles. The van der Waals surface area contributed by atoms with Crippen molar-refractivity contribution in [1.82, 2.24) is 0 Å². The number of thiophene rings is 1. The summed E-state index contributed by atoms with van der Waals surface area (Å²) in [4.78, 5) is 13.4. The molecule has 1 aromatic carbocycles. The van der Waals surface area contributed by atoms with Crippen LogP contribution in [0.1, 0.15) is 15.2 Å². The first-order valence-electron chi connectivity index (χ1n) is 5.45. The molecule has 90 valence electrons. The van der Waals surface area contributed by atoms with Gasteiger partial charge in [0.05, 0.1) is 5.56 Å². The second-order valence-electron chi connectivity index (χ2n) is 3.94. The molecule has 0 N–H and O–H groups in total. The molecular formula is C14H9BrO2S. The molecule has 18 heavy (non-hydrogen) atoms. The second-order valence-corrected chi connectivity index (χ2v) is 5.84. The van der Waals surface area contributed by atoms with Gasteiger partial charge in [-0.15, -0.1) is 11.3 Å². The number of ketones is 1. The molecule has 4 heteroatoms. The topological polar surface area (TPSA) is 26.3 Å². The van der Waals surface area contributed by atoms with Gasteiger partial charge in [-0.1, -0.05) is 22.0 Å². The van der Waals surface area contributed by atoms with E-state index in [0.29, 0.717) is 23.5 Å². The fourth-order valence-electron chi connectivity index (χ4n) is 1.85. The number of Topliss-reactive ketones (excluding diaryl/α,β-unsaturated/α-hetero) is 1. The van der Waals surface area contributed by atoms with Gasteiger partial charge in [0.25, 0.3) is 0 Å². The SMILES string of the molecule is O=C1C(=Cc2cccs2)COc2ccc(Br)cc21. The van der Waals surface area contributed by atoms with Gasteiger partial charge in [-0.2, -0.15) is 0 Å².